The van der Waals surface area contributed by atoms with E-state index >= 15 is 0 Å². The van der Waals surface area contributed by atoms with Crippen molar-refractivity contribution >= 4 is 18.1 Å². The Kier molecular flexibility index (Phi) is 5.76. The lowest BCUT2D eigenvalue weighted by atomic mass is 9.95. The van der Waals surface area contributed by atoms with Gasteiger partial charge in [0.2, 0.25) is 5.91 Å². The molecule has 1 aromatic heterocycles. The van der Waals surface area contributed by atoms with Gasteiger partial charge in [0, 0.05) is 26.4 Å². The molecular weight excluding hydrogens is 341 g/mol. The van der Waals surface area contributed by atoms with Crippen LogP contribution in [0.1, 0.15) is 23.7 Å². The molecule has 0 aliphatic carbocycles. The lowest BCUT2D eigenvalue weighted by molar-refractivity contribution is -0.157. The van der Waals surface area contributed by atoms with E-state index in [2.05, 4.69) is 15.5 Å². The number of benzene rings is 1. The number of hydrogen-bond acceptors (Lipinski definition) is 3. The van der Waals surface area contributed by atoms with Crippen molar-refractivity contribution in [3.8, 4) is 0 Å². The molecule has 130 valence electrons. The van der Waals surface area contributed by atoms with Crippen LogP contribution in [0.3, 0.4) is 0 Å². The molecule has 9 heteroatoms. The van der Waals surface area contributed by atoms with Crippen LogP contribution in [-0.2, 0) is 18.3 Å². The summed E-state index contributed by atoms with van der Waals surface area (Å²) in [6.07, 6.45) is -4.76. The van der Waals surface area contributed by atoms with Gasteiger partial charge in [0.15, 0.2) is 4.77 Å². The Morgan fingerprint density at radius 1 is 1.38 bits per heavy atom. The molecule has 0 unspecified atom stereocenters. The van der Waals surface area contributed by atoms with Gasteiger partial charge >= 0.3 is 6.18 Å². The van der Waals surface area contributed by atoms with E-state index in [1.807, 2.05) is 0 Å². The van der Waals surface area contributed by atoms with Crippen molar-refractivity contribution in [2.24, 2.45) is 7.05 Å². The van der Waals surface area contributed by atoms with Gasteiger partial charge in [-0.05, 0) is 17.8 Å². The van der Waals surface area contributed by atoms with Crippen molar-refractivity contribution in [2.45, 2.75) is 24.9 Å². The van der Waals surface area contributed by atoms with Crippen LogP contribution in [0.25, 0.3) is 0 Å². The van der Waals surface area contributed by atoms with Crippen molar-refractivity contribution in [1.82, 2.24) is 20.1 Å². The summed E-state index contributed by atoms with van der Waals surface area (Å²) in [5.41, 5.74) is 0.0783. The minimum Gasteiger partial charge on any atom is -0.356 e. The Labute approximate surface area is 141 Å². The van der Waals surface area contributed by atoms with Crippen LogP contribution in [0.5, 0.6) is 0 Å². The fourth-order valence-corrected chi connectivity index (χ4v) is 2.43. The Morgan fingerprint density at radius 3 is 2.58 bits per heavy atom. The molecule has 2 rings (SSSR count). The van der Waals surface area contributed by atoms with E-state index < -0.39 is 24.4 Å². The van der Waals surface area contributed by atoms with Crippen LogP contribution in [-0.4, -0.2) is 33.4 Å². The summed E-state index contributed by atoms with van der Waals surface area (Å²) in [6, 6.07) is 7.43. The highest BCUT2D eigenvalue weighted by Gasteiger charge is 2.41. The summed E-state index contributed by atoms with van der Waals surface area (Å²) >= 11 is 4.96. The summed E-state index contributed by atoms with van der Waals surface area (Å²) < 4.78 is 41.7. The average molecular weight is 358 g/mol. The molecule has 0 saturated carbocycles. The van der Waals surface area contributed by atoms with Gasteiger partial charge in [0.25, 0.3) is 0 Å². The summed E-state index contributed by atoms with van der Waals surface area (Å²) in [6.45, 7) is 0.186. The molecule has 0 aliphatic rings. The molecule has 0 saturated heterocycles. The molecule has 1 heterocycles. The first-order chi connectivity index (χ1) is 11.3. The number of carbonyl (C=O) groups excluding carboxylic acids is 1. The highest BCUT2D eigenvalue weighted by Crippen LogP contribution is 2.37. The lowest BCUT2D eigenvalue weighted by Gasteiger charge is -2.20. The molecule has 1 atom stereocenters. The van der Waals surface area contributed by atoms with Gasteiger partial charge in [0.05, 0.1) is 5.92 Å². The number of aromatic amines is 1. The zero-order valence-corrected chi connectivity index (χ0v) is 13.7. The monoisotopic (exact) mass is 358 g/mol. The normalized spacial score (nSPS) is 12.8. The number of H-pyrrole nitrogens is 1. The second-order valence-electron chi connectivity index (χ2n) is 5.31. The highest BCUT2D eigenvalue weighted by molar-refractivity contribution is 7.71. The van der Waals surface area contributed by atoms with Crippen LogP contribution < -0.4 is 5.32 Å². The van der Waals surface area contributed by atoms with Gasteiger partial charge in [-0.25, -0.2) is 0 Å². The molecule has 5 nitrogen and oxygen atoms in total. The largest absolute Gasteiger partial charge is 0.396 e. The van der Waals surface area contributed by atoms with Crippen molar-refractivity contribution in [2.75, 3.05) is 6.54 Å². The predicted octanol–water partition coefficient (Wildman–Crippen LogP) is 2.87. The SMILES string of the molecule is Cn1c(CCNC(=O)C[C@@H](c2ccccc2)C(F)(F)F)n[nH]c1=S. The van der Waals surface area contributed by atoms with Gasteiger partial charge in [0.1, 0.15) is 5.82 Å². The van der Waals surface area contributed by atoms with Crippen LogP contribution in [0.4, 0.5) is 13.2 Å². The number of amides is 1. The number of alkyl halides is 3. The summed E-state index contributed by atoms with van der Waals surface area (Å²) in [5, 5.41) is 9.08. The van der Waals surface area contributed by atoms with Crippen LogP contribution in [0, 0.1) is 4.77 Å². The van der Waals surface area contributed by atoms with Crippen molar-refractivity contribution in [1.29, 1.82) is 0 Å². The fourth-order valence-electron chi connectivity index (χ4n) is 2.28. The van der Waals surface area contributed by atoms with Crippen molar-refractivity contribution in [3.63, 3.8) is 0 Å². The zero-order chi connectivity index (χ0) is 17.7. The average Bonchev–Trinajstić information content (AvgIpc) is 2.84. The molecule has 1 amide bonds. The minimum absolute atomic E-state index is 0.0783. The van der Waals surface area contributed by atoms with Crippen molar-refractivity contribution in [3.05, 3.63) is 46.5 Å². The van der Waals surface area contributed by atoms with E-state index in [-0.39, 0.29) is 12.1 Å². The molecule has 2 aromatic rings. The summed E-state index contributed by atoms with van der Waals surface area (Å²) in [5.74, 6) is -1.85. The smallest absolute Gasteiger partial charge is 0.356 e. The van der Waals surface area contributed by atoms with Crippen LogP contribution in [0.15, 0.2) is 30.3 Å². The number of aromatic nitrogens is 3. The van der Waals surface area contributed by atoms with Crippen molar-refractivity contribution < 1.29 is 18.0 Å². The van der Waals surface area contributed by atoms with Gasteiger partial charge < -0.3 is 9.88 Å². The molecule has 0 bridgehead atoms. The van der Waals surface area contributed by atoms with Gasteiger partial charge in [-0.2, -0.15) is 18.3 Å². The maximum atomic E-state index is 13.2. The van der Waals surface area contributed by atoms with E-state index in [1.54, 1.807) is 17.7 Å². The third-order valence-corrected chi connectivity index (χ3v) is 3.99. The Morgan fingerprint density at radius 2 is 2.04 bits per heavy atom. The van der Waals surface area contributed by atoms with E-state index in [4.69, 9.17) is 12.2 Å². The van der Waals surface area contributed by atoms with E-state index in [0.717, 1.165) is 0 Å². The maximum absolute atomic E-state index is 13.2. The number of rotatable bonds is 6. The Balaban J connectivity index is 1.94. The Bertz CT molecular complexity index is 739. The van der Waals surface area contributed by atoms with Gasteiger partial charge in [-0.1, -0.05) is 30.3 Å². The second-order valence-corrected chi connectivity index (χ2v) is 5.70. The quantitative estimate of drug-likeness (QED) is 0.781. The maximum Gasteiger partial charge on any atom is 0.396 e. The molecule has 0 spiro atoms. The molecule has 0 radical (unpaired) electrons. The van der Waals surface area contributed by atoms with Gasteiger partial charge in [-0.15, -0.1) is 0 Å². The number of nitrogens with zero attached hydrogens (tertiary/aromatic N) is 2. The number of nitrogens with one attached hydrogen (secondary N) is 2. The zero-order valence-electron chi connectivity index (χ0n) is 12.9. The lowest BCUT2D eigenvalue weighted by Crippen LogP contribution is -2.31. The predicted molar refractivity (Wildman–Crippen MR) is 85.0 cm³/mol. The summed E-state index contributed by atoms with van der Waals surface area (Å²) in [7, 11) is 1.72. The minimum atomic E-state index is -4.48. The number of carbonyl (C=O) groups is 1. The first-order valence-corrected chi connectivity index (χ1v) is 7.68. The molecule has 24 heavy (non-hydrogen) atoms. The molecule has 1 aromatic carbocycles. The standard InChI is InChI=1S/C15H17F3N4OS/c1-22-12(20-21-14(22)24)7-8-19-13(23)9-11(15(16,17)18)10-5-3-2-4-6-10/h2-6,11H,7-9H2,1H3,(H,19,23)(H,21,24)/t11-/m0/s1. The fraction of sp³-hybridized carbons (Fsp3) is 0.400. The Hall–Kier alpha value is -2.16. The van der Waals surface area contributed by atoms with E-state index in [1.165, 1.54) is 24.3 Å². The van der Waals surface area contributed by atoms with Crippen LogP contribution >= 0.6 is 12.2 Å². The third-order valence-electron chi connectivity index (χ3n) is 3.63. The van der Waals surface area contributed by atoms with Gasteiger partial charge in [-0.3, -0.25) is 9.89 Å². The molecule has 0 aliphatic heterocycles. The summed E-state index contributed by atoms with van der Waals surface area (Å²) in [4.78, 5) is 11.9. The number of hydrogen-bond donors (Lipinski definition) is 2. The third kappa shape index (κ3) is 4.67. The van der Waals surface area contributed by atoms with Crippen LogP contribution in [0.2, 0.25) is 0 Å². The molecule has 2 N–H and O–H groups in total. The second kappa shape index (κ2) is 7.61. The first kappa shape index (κ1) is 18.2. The highest BCUT2D eigenvalue weighted by atomic mass is 32.1. The number of halogens is 3. The first-order valence-electron chi connectivity index (χ1n) is 7.27. The molecular formula is C15H17F3N4OS. The molecule has 0 fully saturated rings. The van der Waals surface area contributed by atoms with E-state index in [0.29, 0.717) is 17.0 Å². The van der Waals surface area contributed by atoms with E-state index in [9.17, 15) is 18.0 Å². The topological polar surface area (TPSA) is 62.7 Å².